The molecule has 5 atom stereocenters. The smallest absolute Gasteiger partial charge is 0.203 e. The number of H-pyrrole nitrogens is 1. The van der Waals surface area contributed by atoms with Gasteiger partial charge in [-0.05, 0) is 49.4 Å². The van der Waals surface area contributed by atoms with Crippen molar-refractivity contribution in [2.24, 2.45) is 5.16 Å². The Kier molecular flexibility index (Phi) is 4.45. The molecule has 9 heteroatoms. The predicted molar refractivity (Wildman–Crippen MR) is 113 cm³/mol. The number of aliphatic hydroxyl groups is 1. The fraction of sp³-hybridized carbons (Fsp3) is 0.478. The summed E-state index contributed by atoms with van der Waals surface area (Å²) in [5.74, 6) is -0.777. The Morgan fingerprint density at radius 2 is 2.03 bits per heavy atom. The van der Waals surface area contributed by atoms with Gasteiger partial charge in [-0.2, -0.15) is 0 Å². The molecule has 4 heterocycles. The number of hydrogen-bond donors (Lipinski definition) is 2. The lowest BCUT2D eigenvalue weighted by molar-refractivity contribution is -0.207. The minimum atomic E-state index is -0.831. The van der Waals surface area contributed by atoms with Crippen LogP contribution >= 0.6 is 0 Å². The maximum Gasteiger partial charge on any atom is 0.203 e. The second kappa shape index (κ2) is 7.14. The summed E-state index contributed by atoms with van der Waals surface area (Å²) in [5.41, 5.74) is 4.73. The topological polar surface area (TPSA) is 103 Å². The third kappa shape index (κ3) is 3.00. The molecule has 2 fully saturated rings. The lowest BCUT2D eigenvalue weighted by Gasteiger charge is -2.28. The van der Waals surface area contributed by atoms with E-state index >= 15 is 0 Å². The van der Waals surface area contributed by atoms with Crippen molar-refractivity contribution < 1.29 is 24.2 Å². The largest absolute Gasteiger partial charge is 0.397 e. The van der Waals surface area contributed by atoms with E-state index in [9.17, 15) is 5.11 Å². The quantitative estimate of drug-likeness (QED) is 0.605. The van der Waals surface area contributed by atoms with Crippen molar-refractivity contribution in [2.45, 2.75) is 63.1 Å². The van der Waals surface area contributed by atoms with Gasteiger partial charge in [-0.3, -0.25) is 0 Å². The molecule has 0 radical (unpaired) electrons. The Balaban J connectivity index is 1.39. The fourth-order valence-corrected chi connectivity index (χ4v) is 5.05. The van der Waals surface area contributed by atoms with Gasteiger partial charge in [0.05, 0.1) is 11.7 Å². The maximum atomic E-state index is 11.3. The molecule has 168 valence electrons. The van der Waals surface area contributed by atoms with Crippen molar-refractivity contribution in [1.82, 2.24) is 14.5 Å². The molecule has 32 heavy (non-hydrogen) atoms. The number of aromatic amines is 1. The van der Waals surface area contributed by atoms with Crippen LogP contribution in [0.25, 0.3) is 11.0 Å². The number of hydrogen-bond acceptors (Lipinski definition) is 7. The second-order valence-corrected chi connectivity index (χ2v) is 9.01. The number of benzene rings is 1. The molecule has 1 aromatic carbocycles. The van der Waals surface area contributed by atoms with Crippen LogP contribution in [0.5, 0.6) is 0 Å². The van der Waals surface area contributed by atoms with Crippen LogP contribution in [0.3, 0.4) is 0 Å². The van der Waals surface area contributed by atoms with E-state index in [-0.39, 0.29) is 0 Å². The van der Waals surface area contributed by atoms with Crippen molar-refractivity contribution in [3.8, 4) is 0 Å². The molecular formula is C23H26N4O5. The van der Waals surface area contributed by atoms with E-state index in [0.29, 0.717) is 5.49 Å². The summed E-state index contributed by atoms with van der Waals surface area (Å²) in [5, 5.41) is 16.1. The van der Waals surface area contributed by atoms with E-state index in [2.05, 4.69) is 27.3 Å². The third-order valence-corrected chi connectivity index (χ3v) is 6.61. The Labute approximate surface area is 184 Å². The Morgan fingerprint density at radius 1 is 1.22 bits per heavy atom. The molecule has 0 spiro atoms. The number of aromatic nitrogens is 3. The first kappa shape index (κ1) is 19.9. The van der Waals surface area contributed by atoms with Crippen LogP contribution in [-0.4, -0.2) is 50.9 Å². The first-order valence-corrected chi connectivity index (χ1v) is 10.9. The number of ether oxygens (including phenoxy) is 3. The van der Waals surface area contributed by atoms with Crippen LogP contribution in [0.2, 0.25) is 0 Å². The molecule has 0 unspecified atom stereocenters. The molecule has 0 saturated carbocycles. The first-order chi connectivity index (χ1) is 15.4. The van der Waals surface area contributed by atoms with Gasteiger partial charge in [0.25, 0.3) is 0 Å². The van der Waals surface area contributed by atoms with Gasteiger partial charge >= 0.3 is 0 Å². The predicted octanol–water partition coefficient (Wildman–Crippen LogP) is 2.08. The lowest BCUT2D eigenvalue weighted by Crippen LogP contribution is -2.34. The van der Waals surface area contributed by atoms with Gasteiger partial charge in [-0.15, -0.1) is 0 Å². The Hall–Kier alpha value is -2.72. The van der Waals surface area contributed by atoms with Crippen molar-refractivity contribution >= 4 is 11.0 Å². The summed E-state index contributed by atoms with van der Waals surface area (Å²) in [4.78, 5) is 12.3. The van der Waals surface area contributed by atoms with Gasteiger partial charge in [0.2, 0.25) is 5.49 Å². The zero-order valence-corrected chi connectivity index (χ0v) is 18.2. The molecule has 3 aliphatic rings. The van der Waals surface area contributed by atoms with E-state index in [0.717, 1.165) is 29.4 Å². The number of fused-ring (bicyclic) bond motifs is 3. The lowest BCUT2D eigenvalue weighted by atomic mass is 9.85. The van der Waals surface area contributed by atoms with Crippen LogP contribution in [-0.2, 0) is 31.9 Å². The highest BCUT2D eigenvalue weighted by molar-refractivity contribution is 5.74. The first-order valence-electron chi connectivity index (χ1n) is 10.9. The number of nitrogens with one attached hydrogen (secondary N) is 1. The van der Waals surface area contributed by atoms with E-state index in [4.69, 9.17) is 19.0 Å². The van der Waals surface area contributed by atoms with Gasteiger partial charge in [0.1, 0.15) is 37.2 Å². The average Bonchev–Trinajstić information content (AvgIpc) is 3.40. The van der Waals surface area contributed by atoms with E-state index in [1.54, 1.807) is 6.33 Å². The molecule has 3 aromatic rings. The minimum absolute atomic E-state index is 0.392. The van der Waals surface area contributed by atoms with E-state index in [1.165, 1.54) is 18.2 Å². The molecule has 6 rings (SSSR count). The number of rotatable bonds is 4. The summed E-state index contributed by atoms with van der Waals surface area (Å²) in [6, 6.07) is 8.06. The SMILES string of the molecule is CO/N=c1/nc[nH]c2c1ccn2[C@@H]1O[C@H]([C@H](O)c2ccc3c(c2)CC3)[C@H]2OC(C)(C)O[C@H]21. The molecule has 2 N–H and O–H groups in total. The van der Waals surface area contributed by atoms with Crippen LogP contribution in [0.15, 0.2) is 41.9 Å². The number of nitrogens with zero attached hydrogens (tertiary/aromatic N) is 3. The van der Waals surface area contributed by atoms with Crippen molar-refractivity contribution in [3.05, 3.63) is 59.0 Å². The summed E-state index contributed by atoms with van der Waals surface area (Å²) in [6.45, 7) is 3.77. The summed E-state index contributed by atoms with van der Waals surface area (Å²) in [7, 11) is 1.49. The molecule has 2 saturated heterocycles. The normalized spacial score (nSPS) is 29.6. The zero-order valence-electron chi connectivity index (χ0n) is 18.2. The molecule has 1 aliphatic carbocycles. The summed E-state index contributed by atoms with van der Waals surface area (Å²) < 4.78 is 20.8. The maximum absolute atomic E-state index is 11.3. The standard InChI is InChI=1S/C23H26N4O5/c1-23(2)31-18-17(16(28)14-7-5-12-4-6-13(12)10-14)30-22(19(18)32-23)27-9-8-15-20(26-29-3)24-11-25-21(15)27/h5,7-11,16-19,22,28H,4,6H2,1-3H3,(H,24,25,26)/t16-,17-,18-,19-,22-/m1/s1. The van der Waals surface area contributed by atoms with Crippen LogP contribution < -0.4 is 5.49 Å². The third-order valence-electron chi connectivity index (χ3n) is 6.61. The Bertz CT molecular complexity index is 1250. The molecule has 2 aliphatic heterocycles. The van der Waals surface area contributed by atoms with E-state index < -0.39 is 36.4 Å². The van der Waals surface area contributed by atoms with Crippen LogP contribution in [0.4, 0.5) is 0 Å². The number of aliphatic hydroxyl groups excluding tert-OH is 1. The molecule has 0 amide bonds. The average molecular weight is 438 g/mol. The van der Waals surface area contributed by atoms with Crippen molar-refractivity contribution in [3.63, 3.8) is 0 Å². The second-order valence-electron chi connectivity index (χ2n) is 9.01. The molecule has 9 nitrogen and oxygen atoms in total. The zero-order chi connectivity index (χ0) is 22.0. The number of aryl methyl sites for hydroxylation is 2. The fourth-order valence-electron chi connectivity index (χ4n) is 5.05. The van der Waals surface area contributed by atoms with Crippen molar-refractivity contribution in [1.29, 1.82) is 0 Å². The van der Waals surface area contributed by atoms with Gasteiger partial charge < -0.3 is 33.7 Å². The monoisotopic (exact) mass is 438 g/mol. The molecular weight excluding hydrogens is 412 g/mol. The Morgan fingerprint density at radius 3 is 2.78 bits per heavy atom. The minimum Gasteiger partial charge on any atom is -0.397 e. The van der Waals surface area contributed by atoms with Gasteiger partial charge in [0.15, 0.2) is 12.0 Å². The highest BCUT2D eigenvalue weighted by atomic mass is 16.8. The van der Waals surface area contributed by atoms with Crippen LogP contribution in [0.1, 0.15) is 42.9 Å². The molecule has 0 bridgehead atoms. The highest BCUT2D eigenvalue weighted by Crippen LogP contribution is 2.47. The van der Waals surface area contributed by atoms with Crippen molar-refractivity contribution in [2.75, 3.05) is 7.11 Å². The van der Waals surface area contributed by atoms with Gasteiger partial charge in [0, 0.05) is 6.20 Å². The summed E-state index contributed by atoms with van der Waals surface area (Å²) in [6.07, 6.45) is 2.90. The molecule has 2 aromatic heterocycles. The van der Waals surface area contributed by atoms with Crippen LogP contribution in [0, 0.1) is 0 Å². The van der Waals surface area contributed by atoms with E-state index in [1.807, 2.05) is 36.7 Å². The highest BCUT2D eigenvalue weighted by Gasteiger charge is 2.58. The summed E-state index contributed by atoms with van der Waals surface area (Å²) >= 11 is 0. The van der Waals surface area contributed by atoms with Gasteiger partial charge in [-0.25, -0.2) is 4.98 Å². The van der Waals surface area contributed by atoms with Gasteiger partial charge in [-0.1, -0.05) is 23.4 Å².